The van der Waals surface area contributed by atoms with Crippen molar-refractivity contribution in [2.45, 2.75) is 26.3 Å². The molecule has 0 bridgehead atoms. The number of carbonyl (C=O) groups excluding carboxylic acids is 1. The van der Waals surface area contributed by atoms with Crippen molar-refractivity contribution in [2.24, 2.45) is 0 Å². The van der Waals surface area contributed by atoms with Crippen LogP contribution >= 0.6 is 22.7 Å². The molecule has 160 valence electrons. The molecule has 32 heavy (non-hydrogen) atoms. The molecule has 0 N–H and O–H groups in total. The number of carbonyl (C=O) groups is 1. The van der Waals surface area contributed by atoms with Gasteiger partial charge in [0.05, 0.1) is 27.6 Å². The Kier molecular flexibility index (Phi) is 5.55. The van der Waals surface area contributed by atoms with Crippen LogP contribution in [0.4, 0.5) is 10.8 Å². The standard InChI is InChI=1S/C24H20N4O2S2/c1-2-16-7-9-17(10-8-16)28(24-26-19-5-3-4-6-20(19)32-24)21(29)11-13-27-15-25-22-18(23(27)30)12-14-31-22/h3-10,12,14-15H,2,11,13H2,1H3. The van der Waals surface area contributed by atoms with Crippen LogP contribution in [-0.2, 0) is 17.8 Å². The van der Waals surface area contributed by atoms with Gasteiger partial charge in [0.25, 0.3) is 5.56 Å². The average molecular weight is 461 g/mol. The van der Waals surface area contributed by atoms with Gasteiger partial charge in [-0.3, -0.25) is 19.1 Å². The zero-order valence-corrected chi connectivity index (χ0v) is 19.0. The number of anilines is 2. The lowest BCUT2D eigenvalue weighted by Crippen LogP contribution is -2.29. The van der Waals surface area contributed by atoms with E-state index in [1.807, 2.05) is 53.9 Å². The summed E-state index contributed by atoms with van der Waals surface area (Å²) in [4.78, 5) is 37.5. The number of nitrogens with zero attached hydrogens (tertiary/aromatic N) is 4. The van der Waals surface area contributed by atoms with E-state index in [2.05, 4.69) is 11.9 Å². The average Bonchev–Trinajstić information content (AvgIpc) is 3.46. The number of hydrogen-bond acceptors (Lipinski definition) is 6. The number of aryl methyl sites for hydroxylation is 2. The summed E-state index contributed by atoms with van der Waals surface area (Å²) in [6.45, 7) is 2.35. The van der Waals surface area contributed by atoms with Gasteiger partial charge in [0.1, 0.15) is 4.83 Å². The van der Waals surface area contributed by atoms with E-state index in [9.17, 15) is 9.59 Å². The highest BCUT2D eigenvalue weighted by Crippen LogP contribution is 2.34. The van der Waals surface area contributed by atoms with Crippen LogP contribution in [-0.4, -0.2) is 20.4 Å². The molecule has 0 atom stereocenters. The van der Waals surface area contributed by atoms with Gasteiger partial charge in [-0.2, -0.15) is 0 Å². The summed E-state index contributed by atoms with van der Waals surface area (Å²) < 4.78 is 2.53. The van der Waals surface area contributed by atoms with Gasteiger partial charge in [-0.15, -0.1) is 11.3 Å². The first-order valence-electron chi connectivity index (χ1n) is 10.3. The molecular formula is C24H20N4O2S2. The predicted octanol–water partition coefficient (Wildman–Crippen LogP) is 5.39. The van der Waals surface area contributed by atoms with Gasteiger partial charge in [-0.1, -0.05) is 42.5 Å². The van der Waals surface area contributed by atoms with Gasteiger partial charge >= 0.3 is 0 Å². The van der Waals surface area contributed by atoms with Crippen molar-refractivity contribution in [3.05, 3.63) is 82.2 Å². The normalized spacial score (nSPS) is 11.3. The number of thiophene rings is 1. The Morgan fingerprint density at radius 2 is 1.91 bits per heavy atom. The van der Waals surface area contributed by atoms with Crippen molar-refractivity contribution in [1.82, 2.24) is 14.5 Å². The zero-order chi connectivity index (χ0) is 22.1. The second-order valence-corrected chi connectivity index (χ2v) is 9.25. The minimum absolute atomic E-state index is 0.120. The second-order valence-electron chi connectivity index (χ2n) is 7.35. The molecule has 0 saturated carbocycles. The number of hydrogen-bond donors (Lipinski definition) is 0. The van der Waals surface area contributed by atoms with Crippen LogP contribution in [0.15, 0.2) is 71.1 Å². The molecule has 0 aliphatic heterocycles. The molecule has 6 nitrogen and oxygen atoms in total. The molecule has 0 saturated heterocycles. The molecule has 5 rings (SSSR count). The van der Waals surface area contributed by atoms with Crippen LogP contribution in [0.25, 0.3) is 20.4 Å². The van der Waals surface area contributed by atoms with Crippen molar-refractivity contribution in [3.8, 4) is 0 Å². The van der Waals surface area contributed by atoms with Crippen LogP contribution in [0.3, 0.4) is 0 Å². The smallest absolute Gasteiger partial charge is 0.262 e. The first-order chi connectivity index (χ1) is 15.6. The third-order valence-electron chi connectivity index (χ3n) is 5.34. The van der Waals surface area contributed by atoms with E-state index in [-0.39, 0.29) is 24.4 Å². The lowest BCUT2D eigenvalue weighted by atomic mass is 10.1. The number of thiazole rings is 1. The summed E-state index contributed by atoms with van der Waals surface area (Å²) in [7, 11) is 0. The van der Waals surface area contributed by atoms with Crippen LogP contribution in [0.1, 0.15) is 18.9 Å². The molecule has 0 fully saturated rings. The first-order valence-corrected chi connectivity index (χ1v) is 12.0. The Balaban J connectivity index is 1.47. The Bertz CT molecular complexity index is 1430. The maximum absolute atomic E-state index is 13.4. The lowest BCUT2D eigenvalue weighted by Gasteiger charge is -2.20. The Morgan fingerprint density at radius 1 is 1.09 bits per heavy atom. The van der Waals surface area contributed by atoms with Gasteiger partial charge < -0.3 is 0 Å². The highest BCUT2D eigenvalue weighted by molar-refractivity contribution is 7.22. The second kappa shape index (κ2) is 8.64. The molecular weight excluding hydrogens is 440 g/mol. The number of fused-ring (bicyclic) bond motifs is 2. The number of rotatable bonds is 6. The predicted molar refractivity (Wildman–Crippen MR) is 131 cm³/mol. The Hall–Kier alpha value is -3.36. The fourth-order valence-electron chi connectivity index (χ4n) is 3.58. The van der Waals surface area contributed by atoms with E-state index in [4.69, 9.17) is 4.98 Å². The molecule has 3 heterocycles. The first kappa shape index (κ1) is 20.5. The maximum atomic E-state index is 13.4. The summed E-state index contributed by atoms with van der Waals surface area (Å²) in [5.41, 5.74) is 2.71. The third-order valence-corrected chi connectivity index (χ3v) is 7.19. The van der Waals surface area contributed by atoms with Crippen molar-refractivity contribution in [3.63, 3.8) is 0 Å². The number of para-hydroxylation sites is 1. The Morgan fingerprint density at radius 3 is 2.69 bits per heavy atom. The SMILES string of the molecule is CCc1ccc(N(C(=O)CCn2cnc3sccc3c2=O)c2nc3ccccc3s2)cc1. The van der Waals surface area contributed by atoms with Crippen molar-refractivity contribution in [1.29, 1.82) is 0 Å². The molecule has 5 aromatic rings. The monoisotopic (exact) mass is 460 g/mol. The van der Waals surface area contributed by atoms with E-state index >= 15 is 0 Å². The molecule has 1 amide bonds. The molecule has 3 aromatic heterocycles. The summed E-state index contributed by atoms with van der Waals surface area (Å²) in [6, 6.07) is 17.6. The van der Waals surface area contributed by atoms with Gasteiger partial charge in [0.2, 0.25) is 5.91 Å². The molecule has 0 aliphatic rings. The van der Waals surface area contributed by atoms with E-state index in [0.29, 0.717) is 15.3 Å². The molecule has 0 unspecified atom stereocenters. The fraction of sp³-hybridized carbons (Fsp3) is 0.167. The highest BCUT2D eigenvalue weighted by atomic mass is 32.1. The van der Waals surface area contributed by atoms with Crippen molar-refractivity contribution in [2.75, 3.05) is 4.90 Å². The van der Waals surface area contributed by atoms with E-state index in [1.165, 1.54) is 39.1 Å². The highest BCUT2D eigenvalue weighted by Gasteiger charge is 2.22. The number of aromatic nitrogens is 3. The molecule has 8 heteroatoms. The van der Waals surface area contributed by atoms with Crippen molar-refractivity contribution < 1.29 is 4.79 Å². The van der Waals surface area contributed by atoms with Crippen molar-refractivity contribution >= 4 is 59.8 Å². The summed E-state index contributed by atoms with van der Waals surface area (Å²) in [5, 5.41) is 3.06. The quantitative estimate of drug-likeness (QED) is 0.341. The van der Waals surface area contributed by atoms with Gasteiger partial charge in [0.15, 0.2) is 5.13 Å². The van der Waals surface area contributed by atoms with Gasteiger partial charge in [0, 0.05) is 13.0 Å². The number of amides is 1. The van der Waals surface area contributed by atoms with Crippen LogP contribution < -0.4 is 10.5 Å². The van der Waals surface area contributed by atoms with Crippen LogP contribution in [0.2, 0.25) is 0 Å². The topological polar surface area (TPSA) is 68.1 Å². The van der Waals surface area contributed by atoms with Gasteiger partial charge in [-0.25, -0.2) is 9.97 Å². The minimum Gasteiger partial charge on any atom is -0.298 e. The largest absolute Gasteiger partial charge is 0.298 e. The molecule has 2 aromatic carbocycles. The summed E-state index contributed by atoms with van der Waals surface area (Å²) >= 11 is 2.91. The van der Waals surface area contributed by atoms with E-state index in [1.54, 1.807) is 11.0 Å². The van der Waals surface area contributed by atoms with Gasteiger partial charge in [-0.05, 0) is 47.7 Å². The maximum Gasteiger partial charge on any atom is 0.262 e. The lowest BCUT2D eigenvalue weighted by molar-refractivity contribution is -0.118. The van der Waals surface area contributed by atoms with Crippen LogP contribution in [0.5, 0.6) is 0 Å². The summed E-state index contributed by atoms with van der Waals surface area (Å²) in [6.07, 6.45) is 2.60. The van der Waals surface area contributed by atoms with E-state index in [0.717, 1.165) is 22.3 Å². The van der Waals surface area contributed by atoms with Crippen LogP contribution in [0, 0.1) is 0 Å². The summed E-state index contributed by atoms with van der Waals surface area (Å²) in [5.74, 6) is -0.120. The zero-order valence-electron chi connectivity index (χ0n) is 17.4. The number of benzene rings is 2. The fourth-order valence-corrected chi connectivity index (χ4v) is 5.31. The molecule has 0 spiro atoms. The molecule has 0 radical (unpaired) electrons. The van der Waals surface area contributed by atoms with E-state index < -0.39 is 0 Å². The Labute approximate surface area is 192 Å². The molecule has 0 aliphatic carbocycles. The third kappa shape index (κ3) is 3.83. The minimum atomic E-state index is -0.122.